The Morgan fingerprint density at radius 2 is 2.00 bits per heavy atom. The van der Waals surface area contributed by atoms with Crippen molar-refractivity contribution in [2.75, 3.05) is 0 Å². The highest BCUT2D eigenvalue weighted by atomic mass is 32.1. The van der Waals surface area contributed by atoms with E-state index in [1.807, 2.05) is 0 Å². The first-order valence-corrected chi connectivity index (χ1v) is 3.07. The minimum atomic E-state index is -2.27. The molecule has 0 amide bonds. The molecule has 62 valence electrons. The molecule has 0 spiro atoms. The van der Waals surface area contributed by atoms with Crippen molar-refractivity contribution in [2.24, 2.45) is 0 Å². The predicted octanol–water partition coefficient (Wildman–Crippen LogP) is -0.0829. The van der Waals surface area contributed by atoms with Crippen LogP contribution >= 0.6 is 0 Å². The van der Waals surface area contributed by atoms with Crippen LogP contribution in [0.25, 0.3) is 0 Å². The van der Waals surface area contributed by atoms with E-state index in [0.717, 1.165) is 0 Å². The van der Waals surface area contributed by atoms with Crippen molar-refractivity contribution in [3.63, 3.8) is 0 Å². The van der Waals surface area contributed by atoms with E-state index in [1.54, 1.807) is 6.92 Å². The van der Waals surface area contributed by atoms with E-state index < -0.39 is 10.9 Å². The van der Waals surface area contributed by atoms with Crippen LogP contribution in [-0.2, 0) is 17.4 Å². The van der Waals surface area contributed by atoms with Gasteiger partial charge in [-0.15, -0.1) is 0 Å². The summed E-state index contributed by atoms with van der Waals surface area (Å²) in [4.78, 5) is 10.2. The van der Waals surface area contributed by atoms with E-state index in [4.69, 9.17) is 10.2 Å². The Kier molecular flexibility index (Phi) is 5.68. The summed E-state index contributed by atoms with van der Waals surface area (Å²) in [6.45, 7) is 1.74. The van der Waals surface area contributed by atoms with Crippen molar-refractivity contribution >= 4 is 17.7 Å². The van der Waals surface area contributed by atoms with Gasteiger partial charge in [0.2, 0.25) is 5.79 Å². The van der Waals surface area contributed by atoms with E-state index in [1.165, 1.54) is 0 Å². The van der Waals surface area contributed by atoms with Crippen LogP contribution in [0.4, 0.5) is 0 Å². The third-order valence-corrected chi connectivity index (χ3v) is 1.25. The first-order valence-electron chi connectivity index (χ1n) is 2.67. The van der Waals surface area contributed by atoms with Gasteiger partial charge in [-0.05, 0) is 0 Å². The van der Waals surface area contributed by atoms with E-state index >= 15 is 0 Å². The van der Waals surface area contributed by atoms with Crippen molar-refractivity contribution in [3.8, 4) is 0 Å². The Labute approximate surface area is 65.2 Å². The molecule has 6 N–H and O–H groups in total. The number of hydrogen-bond acceptors (Lipinski definition) is 4. The monoisotopic (exact) mass is 167 g/mol. The fourth-order valence-electron chi connectivity index (χ4n) is 0.451. The first kappa shape index (κ1) is 12.4. The van der Waals surface area contributed by atoms with Gasteiger partial charge in [0.15, 0.2) is 0 Å². The van der Waals surface area contributed by atoms with Gasteiger partial charge in [-0.25, -0.2) is 0 Å². The minimum absolute atomic E-state index is 0. The van der Waals surface area contributed by atoms with Crippen molar-refractivity contribution in [1.29, 1.82) is 0 Å². The molecule has 4 nitrogen and oxygen atoms in total. The van der Waals surface area contributed by atoms with E-state index in [0.29, 0.717) is 6.42 Å². The Morgan fingerprint density at radius 1 is 1.60 bits per heavy atom. The van der Waals surface area contributed by atoms with Gasteiger partial charge in [0, 0.05) is 6.42 Å². The van der Waals surface area contributed by atoms with Crippen LogP contribution in [0.1, 0.15) is 19.8 Å². The molecule has 0 aromatic rings. The van der Waals surface area contributed by atoms with Gasteiger partial charge in [0.25, 0.3) is 0 Å². The average Bonchev–Trinajstić information content (AvgIpc) is 1.65. The van der Waals surface area contributed by atoms with Crippen molar-refractivity contribution < 1.29 is 15.0 Å². The SMILES string of the molecule is CCCC(O)(O)C(=O)[S-].[NH4+]. The van der Waals surface area contributed by atoms with Crippen LogP contribution < -0.4 is 6.15 Å². The molecule has 0 fully saturated rings. The van der Waals surface area contributed by atoms with Crippen LogP contribution in [-0.4, -0.2) is 21.1 Å². The molecule has 0 saturated carbocycles. The molecule has 0 aliphatic carbocycles. The second-order valence-corrected chi connectivity index (χ2v) is 2.22. The average molecular weight is 167 g/mol. The molecule has 0 radical (unpaired) electrons. The number of carbonyl (C=O) groups excluding carboxylic acids is 1. The number of carbonyl (C=O) groups is 1. The Bertz CT molecular complexity index is 115. The van der Waals surface area contributed by atoms with Crippen LogP contribution in [0.3, 0.4) is 0 Å². The molecule has 0 aromatic carbocycles. The van der Waals surface area contributed by atoms with E-state index in [-0.39, 0.29) is 12.6 Å². The molecular weight excluding hydrogens is 154 g/mol. The third kappa shape index (κ3) is 3.73. The summed E-state index contributed by atoms with van der Waals surface area (Å²) in [5.41, 5.74) is 0. The van der Waals surface area contributed by atoms with Crippen LogP contribution in [0.5, 0.6) is 0 Å². The van der Waals surface area contributed by atoms with Gasteiger partial charge in [0.1, 0.15) is 0 Å². The largest absolute Gasteiger partial charge is 0.737 e. The van der Waals surface area contributed by atoms with Gasteiger partial charge >= 0.3 is 0 Å². The van der Waals surface area contributed by atoms with Crippen LogP contribution in [0.15, 0.2) is 0 Å². The van der Waals surface area contributed by atoms with Crippen molar-refractivity contribution in [2.45, 2.75) is 25.6 Å². The molecule has 0 heterocycles. The minimum Gasteiger partial charge on any atom is -0.737 e. The summed E-state index contributed by atoms with van der Waals surface area (Å²) in [6.07, 6.45) is 0.532. The highest BCUT2D eigenvalue weighted by molar-refractivity contribution is 7.77. The Hall–Kier alpha value is -0.230. The fourth-order valence-corrected chi connectivity index (χ4v) is 0.553. The summed E-state index contributed by atoms with van der Waals surface area (Å²) >= 11 is 4.04. The molecule has 0 unspecified atom stereocenters. The molecule has 0 saturated heterocycles. The summed E-state index contributed by atoms with van der Waals surface area (Å²) in [5, 5.41) is 16.4. The summed E-state index contributed by atoms with van der Waals surface area (Å²) in [6, 6.07) is 0. The molecule has 0 aliphatic rings. The zero-order valence-electron chi connectivity index (χ0n) is 6.13. The number of hydrogen-bond donors (Lipinski definition) is 3. The van der Waals surface area contributed by atoms with Crippen molar-refractivity contribution in [3.05, 3.63) is 0 Å². The maximum absolute atomic E-state index is 10.2. The summed E-state index contributed by atoms with van der Waals surface area (Å²) in [5.74, 6) is -2.27. The zero-order chi connectivity index (χ0) is 7.49. The molecule has 10 heavy (non-hydrogen) atoms. The quantitative estimate of drug-likeness (QED) is 0.404. The summed E-state index contributed by atoms with van der Waals surface area (Å²) in [7, 11) is 0. The lowest BCUT2D eigenvalue weighted by atomic mass is 10.2. The number of rotatable bonds is 3. The number of quaternary nitrogens is 1. The second-order valence-electron chi connectivity index (χ2n) is 1.85. The topological polar surface area (TPSA) is 94.0 Å². The highest BCUT2D eigenvalue weighted by Crippen LogP contribution is 2.08. The van der Waals surface area contributed by atoms with Gasteiger partial charge in [-0.1, -0.05) is 13.3 Å². The predicted molar refractivity (Wildman–Crippen MR) is 40.4 cm³/mol. The normalized spacial score (nSPS) is 10.3. The molecular formula is C5H13NO3S. The van der Waals surface area contributed by atoms with Crippen LogP contribution in [0.2, 0.25) is 0 Å². The Balaban J connectivity index is 0. The maximum atomic E-state index is 10.2. The standard InChI is InChI=1S/C5H10O3S.H3N/c1-2-3-5(7,8)4(6)9;/h7-8H,2-3H2,1H3,(H,6,9);1H3. The molecule has 0 aliphatic heterocycles. The zero-order valence-corrected chi connectivity index (χ0v) is 6.94. The van der Waals surface area contributed by atoms with Crippen LogP contribution in [0, 0.1) is 0 Å². The maximum Gasteiger partial charge on any atom is 0.201 e. The fraction of sp³-hybridized carbons (Fsp3) is 0.800. The lowest BCUT2D eigenvalue weighted by Crippen LogP contribution is -2.36. The lowest BCUT2D eigenvalue weighted by molar-refractivity contribution is -0.175. The number of aliphatic hydroxyl groups is 2. The second kappa shape index (κ2) is 4.56. The molecule has 0 rings (SSSR count). The molecule has 5 heteroatoms. The van der Waals surface area contributed by atoms with Gasteiger partial charge in [-0.3, -0.25) is 0 Å². The van der Waals surface area contributed by atoms with Gasteiger partial charge < -0.3 is 33.8 Å². The molecule has 0 aromatic heterocycles. The first-order chi connectivity index (χ1) is 4.00. The third-order valence-electron chi connectivity index (χ3n) is 0.926. The van der Waals surface area contributed by atoms with Crippen molar-refractivity contribution in [1.82, 2.24) is 6.15 Å². The molecule has 0 bridgehead atoms. The Morgan fingerprint density at radius 3 is 2.10 bits per heavy atom. The highest BCUT2D eigenvalue weighted by Gasteiger charge is 2.21. The van der Waals surface area contributed by atoms with Gasteiger partial charge in [0.05, 0.1) is 5.12 Å². The smallest absolute Gasteiger partial charge is 0.201 e. The van der Waals surface area contributed by atoms with E-state index in [2.05, 4.69) is 12.6 Å². The van der Waals surface area contributed by atoms with Gasteiger partial charge in [-0.2, -0.15) is 0 Å². The van der Waals surface area contributed by atoms with E-state index in [9.17, 15) is 4.79 Å². The lowest BCUT2D eigenvalue weighted by Gasteiger charge is -2.22. The molecule has 0 atom stereocenters. The summed E-state index contributed by atoms with van der Waals surface area (Å²) < 4.78 is 0.